The number of rotatable bonds is 8. The van der Waals surface area contributed by atoms with E-state index in [1.165, 1.54) is 11.1 Å². The Morgan fingerprint density at radius 3 is 2.60 bits per heavy atom. The predicted octanol–water partition coefficient (Wildman–Crippen LogP) is 2.97. The van der Waals surface area contributed by atoms with Gasteiger partial charge < -0.3 is 9.84 Å². The smallest absolute Gasteiger partial charge is 0.317 e. The maximum absolute atomic E-state index is 10.9. The number of nitrogens with zero attached hydrogens (tertiary/aromatic N) is 2. The number of aryl methyl sites for hydroxylation is 2. The number of hydrogen-bond acceptors (Lipinski definition) is 4. The van der Waals surface area contributed by atoms with E-state index in [-0.39, 0.29) is 19.0 Å². The van der Waals surface area contributed by atoms with Crippen LogP contribution in [0, 0.1) is 13.8 Å². The van der Waals surface area contributed by atoms with Crippen LogP contribution >= 0.6 is 12.4 Å². The lowest BCUT2D eigenvalue weighted by Gasteiger charge is -2.37. The molecule has 1 N–H and O–H groups in total. The van der Waals surface area contributed by atoms with Crippen LogP contribution in [0.25, 0.3) is 0 Å². The maximum Gasteiger partial charge on any atom is 0.317 e. The molecular weight excluding hydrogens is 340 g/mol. The number of piperidine rings is 1. The summed E-state index contributed by atoms with van der Waals surface area (Å²) >= 11 is 0. The Kier molecular flexibility index (Phi) is 9.25. The number of likely N-dealkylation sites (N-methyl/N-ethyl adjacent to an activating group) is 1. The van der Waals surface area contributed by atoms with Gasteiger partial charge in [0.25, 0.3) is 0 Å². The number of halogens is 1. The van der Waals surface area contributed by atoms with Gasteiger partial charge in [-0.1, -0.05) is 19.1 Å². The van der Waals surface area contributed by atoms with E-state index in [0.29, 0.717) is 12.6 Å². The number of aliphatic carboxylic acids is 1. The number of likely N-dealkylation sites (tertiary alicyclic amines) is 1. The maximum atomic E-state index is 10.9. The first kappa shape index (κ1) is 21.7. The fourth-order valence-electron chi connectivity index (χ4n) is 3.33. The normalized spacial score (nSPS) is 15.8. The second-order valence-electron chi connectivity index (χ2n) is 6.65. The molecule has 0 aliphatic carbocycles. The first-order valence-electron chi connectivity index (χ1n) is 8.88. The molecule has 5 nitrogen and oxygen atoms in total. The van der Waals surface area contributed by atoms with Crippen LogP contribution < -0.4 is 4.74 Å². The average Bonchev–Trinajstić information content (AvgIpc) is 2.56. The van der Waals surface area contributed by atoms with Crippen LogP contribution in [0.15, 0.2) is 18.2 Å². The lowest BCUT2D eigenvalue weighted by Crippen LogP contribution is -2.47. The van der Waals surface area contributed by atoms with Gasteiger partial charge in [0.1, 0.15) is 12.4 Å². The standard InChI is InChI=1S/C19H30N2O3.ClH/c1-4-21(14-19(22)23)17-7-9-20(10-8-17)11-12-24-18-13-15(2)5-6-16(18)3;/h5-6,13,17H,4,7-12,14H2,1-3H3,(H,22,23);1H. The molecule has 0 unspecified atom stereocenters. The minimum atomic E-state index is -0.735. The van der Waals surface area contributed by atoms with Crippen LogP contribution in [-0.2, 0) is 4.79 Å². The Hall–Kier alpha value is -1.30. The summed E-state index contributed by atoms with van der Waals surface area (Å²) in [5.74, 6) is 0.240. The van der Waals surface area contributed by atoms with Gasteiger partial charge in [0, 0.05) is 12.6 Å². The van der Waals surface area contributed by atoms with Gasteiger partial charge in [-0.05, 0) is 63.5 Å². The number of carboxylic acid groups (broad SMARTS) is 1. The first-order chi connectivity index (χ1) is 11.5. The van der Waals surface area contributed by atoms with E-state index in [1.54, 1.807) is 0 Å². The van der Waals surface area contributed by atoms with Gasteiger partial charge >= 0.3 is 5.97 Å². The molecule has 0 amide bonds. The third kappa shape index (κ3) is 6.84. The minimum Gasteiger partial charge on any atom is -0.492 e. The summed E-state index contributed by atoms with van der Waals surface area (Å²) in [5, 5.41) is 9.00. The van der Waals surface area contributed by atoms with Crippen molar-refractivity contribution in [3.63, 3.8) is 0 Å². The third-order valence-electron chi connectivity index (χ3n) is 4.83. The zero-order chi connectivity index (χ0) is 17.5. The molecule has 1 aliphatic rings. The molecule has 1 fully saturated rings. The fourth-order valence-corrected chi connectivity index (χ4v) is 3.33. The van der Waals surface area contributed by atoms with Crippen molar-refractivity contribution in [3.8, 4) is 5.75 Å². The quantitative estimate of drug-likeness (QED) is 0.762. The Balaban J connectivity index is 0.00000312. The minimum absolute atomic E-state index is 0. The number of hydrogen-bond donors (Lipinski definition) is 1. The van der Waals surface area contributed by atoms with Crippen LogP contribution in [0.5, 0.6) is 5.75 Å². The summed E-state index contributed by atoms with van der Waals surface area (Å²) in [6.07, 6.45) is 2.06. The monoisotopic (exact) mass is 370 g/mol. The molecule has 0 radical (unpaired) electrons. The lowest BCUT2D eigenvalue weighted by molar-refractivity contribution is -0.139. The van der Waals surface area contributed by atoms with E-state index >= 15 is 0 Å². The molecule has 0 saturated carbocycles. The Bertz CT molecular complexity index is 545. The Morgan fingerprint density at radius 2 is 2.00 bits per heavy atom. The molecular formula is C19H31ClN2O3. The lowest BCUT2D eigenvalue weighted by atomic mass is 10.0. The molecule has 0 spiro atoms. The van der Waals surface area contributed by atoms with Crippen LogP contribution in [0.4, 0.5) is 0 Å². The van der Waals surface area contributed by atoms with E-state index in [2.05, 4.69) is 41.8 Å². The molecule has 142 valence electrons. The zero-order valence-corrected chi connectivity index (χ0v) is 16.3. The number of carboxylic acids is 1. The molecule has 0 bridgehead atoms. The Morgan fingerprint density at radius 1 is 1.32 bits per heavy atom. The summed E-state index contributed by atoms with van der Waals surface area (Å²) in [6, 6.07) is 6.68. The van der Waals surface area contributed by atoms with Crippen molar-refractivity contribution in [1.29, 1.82) is 0 Å². The van der Waals surface area contributed by atoms with Crippen LogP contribution in [0.2, 0.25) is 0 Å². The molecule has 25 heavy (non-hydrogen) atoms. The molecule has 2 rings (SSSR count). The summed E-state index contributed by atoms with van der Waals surface area (Å²) < 4.78 is 5.94. The summed E-state index contributed by atoms with van der Waals surface area (Å²) in [7, 11) is 0. The molecule has 1 saturated heterocycles. The van der Waals surface area contributed by atoms with E-state index in [0.717, 1.165) is 44.8 Å². The highest BCUT2D eigenvalue weighted by Crippen LogP contribution is 2.20. The van der Waals surface area contributed by atoms with E-state index in [9.17, 15) is 4.79 Å². The molecule has 1 aliphatic heterocycles. The Labute approximate surface area is 157 Å². The van der Waals surface area contributed by atoms with Crippen molar-refractivity contribution in [1.82, 2.24) is 9.80 Å². The second-order valence-corrected chi connectivity index (χ2v) is 6.65. The summed E-state index contributed by atoms with van der Waals surface area (Å²) in [5.41, 5.74) is 2.39. The van der Waals surface area contributed by atoms with Gasteiger partial charge in [-0.25, -0.2) is 0 Å². The molecule has 0 aromatic heterocycles. The van der Waals surface area contributed by atoms with Gasteiger partial charge in [0.05, 0.1) is 6.54 Å². The zero-order valence-electron chi connectivity index (χ0n) is 15.5. The van der Waals surface area contributed by atoms with E-state index < -0.39 is 5.97 Å². The number of carbonyl (C=O) groups is 1. The van der Waals surface area contributed by atoms with E-state index in [4.69, 9.17) is 9.84 Å². The average molecular weight is 371 g/mol. The van der Waals surface area contributed by atoms with Gasteiger partial charge in [-0.3, -0.25) is 14.6 Å². The second kappa shape index (κ2) is 10.6. The van der Waals surface area contributed by atoms with Crippen molar-refractivity contribution in [2.45, 2.75) is 39.7 Å². The number of benzene rings is 1. The van der Waals surface area contributed by atoms with Crippen molar-refractivity contribution in [2.24, 2.45) is 0 Å². The summed E-state index contributed by atoms with van der Waals surface area (Å²) in [4.78, 5) is 15.4. The van der Waals surface area contributed by atoms with Crippen molar-refractivity contribution in [3.05, 3.63) is 29.3 Å². The van der Waals surface area contributed by atoms with Crippen LogP contribution in [0.1, 0.15) is 30.9 Å². The van der Waals surface area contributed by atoms with Crippen LogP contribution in [-0.4, -0.2) is 66.2 Å². The van der Waals surface area contributed by atoms with Crippen molar-refractivity contribution in [2.75, 3.05) is 39.3 Å². The van der Waals surface area contributed by atoms with Gasteiger partial charge in [0.15, 0.2) is 0 Å². The molecule has 1 aromatic rings. The molecule has 6 heteroatoms. The van der Waals surface area contributed by atoms with Crippen LogP contribution in [0.3, 0.4) is 0 Å². The van der Waals surface area contributed by atoms with Gasteiger partial charge in [0.2, 0.25) is 0 Å². The van der Waals surface area contributed by atoms with Gasteiger partial charge in [-0.15, -0.1) is 12.4 Å². The SMILES string of the molecule is CCN(CC(=O)O)C1CCN(CCOc2cc(C)ccc2C)CC1.Cl. The predicted molar refractivity (Wildman–Crippen MR) is 103 cm³/mol. The molecule has 0 atom stereocenters. The first-order valence-corrected chi connectivity index (χ1v) is 8.88. The number of ether oxygens (including phenoxy) is 1. The highest BCUT2D eigenvalue weighted by Gasteiger charge is 2.24. The third-order valence-corrected chi connectivity index (χ3v) is 4.83. The molecule has 1 aromatic carbocycles. The van der Waals surface area contributed by atoms with Crippen molar-refractivity contribution >= 4 is 18.4 Å². The van der Waals surface area contributed by atoms with E-state index in [1.807, 2.05) is 6.92 Å². The van der Waals surface area contributed by atoms with Gasteiger partial charge in [-0.2, -0.15) is 0 Å². The highest BCUT2D eigenvalue weighted by atomic mass is 35.5. The fraction of sp³-hybridized carbons (Fsp3) is 0.632. The summed E-state index contributed by atoms with van der Waals surface area (Å²) in [6.45, 7) is 10.8. The highest BCUT2D eigenvalue weighted by molar-refractivity contribution is 5.85. The largest absolute Gasteiger partial charge is 0.492 e. The molecule has 1 heterocycles. The topological polar surface area (TPSA) is 53.0 Å². The van der Waals surface area contributed by atoms with Crippen molar-refractivity contribution < 1.29 is 14.6 Å².